The number of ether oxygens (including phenoxy) is 1. The van der Waals surface area contributed by atoms with Gasteiger partial charge in [-0.2, -0.15) is 0 Å². The van der Waals surface area contributed by atoms with E-state index in [9.17, 15) is 19.2 Å². The summed E-state index contributed by atoms with van der Waals surface area (Å²) in [5.74, 6) is 0.0976. The van der Waals surface area contributed by atoms with Crippen LogP contribution in [0.4, 0.5) is 17.2 Å². The molecule has 4 aromatic rings. The molecule has 234 valence electrons. The van der Waals surface area contributed by atoms with Crippen molar-refractivity contribution in [2.75, 3.05) is 43.1 Å². The highest BCUT2D eigenvalue weighted by atomic mass is 35.5. The summed E-state index contributed by atoms with van der Waals surface area (Å²) in [5, 5.41) is 3.07. The van der Waals surface area contributed by atoms with Gasteiger partial charge in [-0.25, -0.2) is 4.98 Å². The van der Waals surface area contributed by atoms with Crippen molar-refractivity contribution < 1.29 is 19.1 Å². The number of pyridine rings is 2. The van der Waals surface area contributed by atoms with Crippen LogP contribution in [0.5, 0.6) is 0 Å². The summed E-state index contributed by atoms with van der Waals surface area (Å²) in [4.78, 5) is 59.7. The highest BCUT2D eigenvalue weighted by Crippen LogP contribution is 2.52. The summed E-state index contributed by atoms with van der Waals surface area (Å²) in [6, 6.07) is 16.2. The fourth-order valence-electron chi connectivity index (χ4n) is 6.19. The van der Waals surface area contributed by atoms with E-state index in [0.29, 0.717) is 78.6 Å². The van der Waals surface area contributed by atoms with Crippen LogP contribution >= 0.6 is 11.6 Å². The van der Waals surface area contributed by atoms with Crippen LogP contribution in [-0.4, -0.2) is 65.4 Å². The van der Waals surface area contributed by atoms with Gasteiger partial charge < -0.3 is 24.4 Å². The number of aldehydes is 1. The third-order valence-corrected chi connectivity index (χ3v) is 9.55. The van der Waals surface area contributed by atoms with Crippen LogP contribution < -0.4 is 15.8 Å². The normalized spacial score (nSPS) is 17.0. The Labute approximate surface area is 270 Å². The zero-order chi connectivity index (χ0) is 32.0. The third-order valence-electron chi connectivity index (χ3n) is 8.95. The first-order chi connectivity index (χ1) is 22.3. The second-order valence-corrected chi connectivity index (χ2v) is 12.6. The second kappa shape index (κ2) is 11.9. The molecule has 4 heterocycles. The number of benzene rings is 2. The van der Waals surface area contributed by atoms with Gasteiger partial charge in [0.15, 0.2) is 6.29 Å². The van der Waals surface area contributed by atoms with Crippen LogP contribution in [0.2, 0.25) is 0 Å². The number of alkyl halides is 1. The van der Waals surface area contributed by atoms with Crippen molar-refractivity contribution in [1.82, 2.24) is 14.5 Å². The number of hydrogen-bond donors (Lipinski definition) is 1. The molecule has 2 aromatic heterocycles. The van der Waals surface area contributed by atoms with Gasteiger partial charge in [0.1, 0.15) is 11.5 Å². The molecule has 2 amide bonds. The molecule has 11 heteroatoms. The molecular formula is C35H32ClN5O5. The molecule has 0 unspecified atom stereocenters. The summed E-state index contributed by atoms with van der Waals surface area (Å²) in [6.45, 7) is 2.49. The van der Waals surface area contributed by atoms with Gasteiger partial charge in [-0.05, 0) is 66.3 Å². The summed E-state index contributed by atoms with van der Waals surface area (Å²) < 4.78 is 6.76. The van der Waals surface area contributed by atoms with E-state index in [1.807, 2.05) is 18.2 Å². The number of carbonyl (C=O) groups excluding carboxylic acids is 3. The molecule has 3 aliphatic rings. The van der Waals surface area contributed by atoms with Crippen LogP contribution in [0.1, 0.15) is 55.0 Å². The Kier molecular flexibility index (Phi) is 7.70. The lowest BCUT2D eigenvalue weighted by Gasteiger charge is -2.30. The Morgan fingerprint density at radius 1 is 1.02 bits per heavy atom. The van der Waals surface area contributed by atoms with Crippen LogP contribution in [0.3, 0.4) is 0 Å². The Hall–Kier alpha value is -4.80. The predicted molar refractivity (Wildman–Crippen MR) is 175 cm³/mol. The number of fused-ring (bicyclic) bond motifs is 1. The number of amides is 2. The van der Waals surface area contributed by atoms with Crippen LogP contribution in [-0.2, 0) is 23.1 Å². The number of rotatable bonds is 7. The molecule has 0 spiro atoms. The molecule has 2 aromatic carbocycles. The lowest BCUT2D eigenvalue weighted by molar-refractivity contribution is 0.0302. The van der Waals surface area contributed by atoms with Gasteiger partial charge in [-0.15, -0.1) is 11.6 Å². The van der Waals surface area contributed by atoms with Gasteiger partial charge in [-0.3, -0.25) is 19.2 Å². The van der Waals surface area contributed by atoms with Crippen molar-refractivity contribution in [3.63, 3.8) is 0 Å². The first-order valence-electron chi connectivity index (χ1n) is 15.3. The summed E-state index contributed by atoms with van der Waals surface area (Å²) in [6.07, 6.45) is 6.41. The zero-order valence-electron chi connectivity index (χ0n) is 25.3. The topological polar surface area (TPSA) is 114 Å². The number of nitrogens with one attached hydrogen (secondary N) is 1. The minimum absolute atomic E-state index is 0.121. The van der Waals surface area contributed by atoms with E-state index in [2.05, 4.69) is 10.3 Å². The summed E-state index contributed by atoms with van der Waals surface area (Å²) >= 11 is 6.63. The maximum Gasteiger partial charge on any atom is 0.274 e. The molecule has 2 fully saturated rings. The molecule has 1 saturated carbocycles. The molecule has 0 radical (unpaired) electrons. The number of nitrogens with zero attached hydrogens (tertiary/aromatic N) is 4. The van der Waals surface area contributed by atoms with Crippen molar-refractivity contribution >= 4 is 46.9 Å². The van der Waals surface area contributed by atoms with Crippen LogP contribution in [0.15, 0.2) is 71.8 Å². The molecule has 10 nitrogen and oxygen atoms in total. The standard InChI is InChI=1S/C35H32ClN5O5/c1-39-20-24(18-29(34(39)45)38-31-8-5-23(19-37-31)32(43)40-13-15-46-16-14-40)26-3-2-4-30(28(26)21-42)41-12-9-22-17-25(35(36)10-11-35)6-7-27(22)33(41)44/h2-8,17-21H,9-16H2,1H3,(H,37,38). The number of aromatic nitrogens is 2. The lowest BCUT2D eigenvalue weighted by atomic mass is 9.93. The predicted octanol–water partition coefficient (Wildman–Crippen LogP) is 4.91. The van der Waals surface area contributed by atoms with Crippen molar-refractivity contribution in [2.24, 2.45) is 7.05 Å². The molecule has 1 N–H and O–H groups in total. The smallest absolute Gasteiger partial charge is 0.274 e. The third kappa shape index (κ3) is 5.48. The van der Waals surface area contributed by atoms with Crippen molar-refractivity contribution in [3.8, 4) is 11.1 Å². The van der Waals surface area contributed by atoms with E-state index in [-0.39, 0.29) is 27.9 Å². The van der Waals surface area contributed by atoms with Crippen molar-refractivity contribution in [2.45, 2.75) is 24.1 Å². The second-order valence-electron chi connectivity index (χ2n) is 11.9. The fraction of sp³-hybridized carbons (Fsp3) is 0.286. The highest BCUT2D eigenvalue weighted by molar-refractivity contribution is 6.26. The van der Waals surface area contributed by atoms with E-state index < -0.39 is 0 Å². The Morgan fingerprint density at radius 2 is 1.83 bits per heavy atom. The van der Waals surface area contributed by atoms with Crippen LogP contribution in [0.25, 0.3) is 11.1 Å². The molecular weight excluding hydrogens is 606 g/mol. The highest BCUT2D eigenvalue weighted by Gasteiger charge is 2.43. The van der Waals surface area contributed by atoms with Gasteiger partial charge >= 0.3 is 0 Å². The molecule has 1 aliphatic carbocycles. The largest absolute Gasteiger partial charge is 0.378 e. The molecule has 7 rings (SSSR count). The quantitative estimate of drug-likeness (QED) is 0.226. The zero-order valence-corrected chi connectivity index (χ0v) is 26.0. The SMILES string of the molecule is Cn1cc(-c2cccc(N3CCc4cc(C5(Cl)CC5)ccc4C3=O)c2C=O)cc(Nc2ccc(C(=O)N3CCOCC3)cn2)c1=O. The van der Waals surface area contributed by atoms with E-state index in [0.717, 1.165) is 30.3 Å². The molecule has 2 aliphatic heterocycles. The summed E-state index contributed by atoms with van der Waals surface area (Å²) in [7, 11) is 1.63. The number of aryl methyl sites for hydroxylation is 1. The van der Waals surface area contributed by atoms with E-state index >= 15 is 0 Å². The maximum atomic E-state index is 13.7. The average molecular weight is 638 g/mol. The van der Waals surface area contributed by atoms with Gasteiger partial charge in [0.25, 0.3) is 17.4 Å². The first kappa shape index (κ1) is 29.9. The Bertz CT molecular complexity index is 1930. The molecule has 0 atom stereocenters. The number of halogens is 1. The number of hydrogen-bond acceptors (Lipinski definition) is 7. The number of carbonyl (C=O) groups is 3. The Balaban J connectivity index is 1.16. The monoisotopic (exact) mass is 637 g/mol. The van der Waals surface area contributed by atoms with Gasteiger partial charge in [-0.1, -0.05) is 24.3 Å². The number of morpholine rings is 1. The first-order valence-corrected chi connectivity index (χ1v) is 15.7. The van der Waals surface area contributed by atoms with Gasteiger partial charge in [0.2, 0.25) is 0 Å². The van der Waals surface area contributed by atoms with E-state index in [1.165, 1.54) is 10.8 Å². The van der Waals surface area contributed by atoms with E-state index in [4.69, 9.17) is 16.3 Å². The Morgan fingerprint density at radius 3 is 2.54 bits per heavy atom. The number of anilines is 3. The van der Waals surface area contributed by atoms with Crippen molar-refractivity contribution in [3.05, 3.63) is 105 Å². The molecule has 46 heavy (non-hydrogen) atoms. The lowest BCUT2D eigenvalue weighted by Crippen LogP contribution is -2.40. The van der Waals surface area contributed by atoms with E-state index in [1.54, 1.807) is 59.4 Å². The minimum Gasteiger partial charge on any atom is -0.378 e. The van der Waals surface area contributed by atoms with Gasteiger partial charge in [0, 0.05) is 55.8 Å². The van der Waals surface area contributed by atoms with Gasteiger partial charge in [0.05, 0.1) is 29.3 Å². The minimum atomic E-state index is -0.306. The van der Waals surface area contributed by atoms with Crippen molar-refractivity contribution in [1.29, 1.82) is 0 Å². The maximum absolute atomic E-state index is 13.7. The molecule has 1 saturated heterocycles. The average Bonchev–Trinajstić information content (AvgIpc) is 3.85. The summed E-state index contributed by atoms with van der Waals surface area (Å²) in [5.41, 5.74) is 5.07. The van der Waals surface area contributed by atoms with Crippen LogP contribution in [0, 0.1) is 0 Å². The fourth-order valence-corrected chi connectivity index (χ4v) is 6.40. The molecule has 0 bridgehead atoms.